The minimum absolute atomic E-state index is 0.0187. The number of rotatable bonds is 5. The van der Waals surface area contributed by atoms with Gasteiger partial charge in [0, 0.05) is 4.88 Å². The Morgan fingerprint density at radius 1 is 1.40 bits per heavy atom. The van der Waals surface area contributed by atoms with E-state index in [1.165, 1.54) is 35.2 Å². The number of aromatic nitrogens is 2. The molecule has 0 saturated heterocycles. The van der Waals surface area contributed by atoms with Crippen molar-refractivity contribution in [1.29, 1.82) is 0 Å². The molecule has 0 fully saturated rings. The van der Waals surface area contributed by atoms with Gasteiger partial charge in [0.1, 0.15) is 10.9 Å². The summed E-state index contributed by atoms with van der Waals surface area (Å²) in [4.78, 5) is 32.0. The van der Waals surface area contributed by atoms with Crippen LogP contribution in [0.25, 0.3) is 10.2 Å². The number of hydrogen-bond donors (Lipinski definition) is 2. The van der Waals surface area contributed by atoms with Crippen molar-refractivity contribution in [1.82, 2.24) is 15.0 Å². The Bertz CT molecular complexity index is 1200. The first kappa shape index (κ1) is 20.1. The fraction of sp³-hybridized carbons (Fsp3) is 0.333. The molecule has 0 spiro atoms. The Hall–Kier alpha value is -3.20. The number of hydrazone groups is 1. The summed E-state index contributed by atoms with van der Waals surface area (Å²) in [5.74, 6) is -0.0989. The summed E-state index contributed by atoms with van der Waals surface area (Å²) in [5.41, 5.74) is 4.01. The number of aromatic hydroxyl groups is 1. The third kappa shape index (κ3) is 3.68. The van der Waals surface area contributed by atoms with Gasteiger partial charge >= 0.3 is 0 Å². The number of methoxy groups -OCH3 is 1. The molecule has 9 heteroatoms. The van der Waals surface area contributed by atoms with Gasteiger partial charge in [-0.05, 0) is 61.9 Å². The molecule has 156 valence electrons. The maximum absolute atomic E-state index is 13.1. The SMILES string of the molecule is COc1cc(/C=N/NC(=O)[C@H](C)n2cnc3sc4c(c3c2=O)CCCC4)ccc1O. The number of amides is 1. The van der Waals surface area contributed by atoms with Gasteiger partial charge in [-0.3, -0.25) is 14.2 Å². The lowest BCUT2D eigenvalue weighted by atomic mass is 9.97. The second-order valence-corrected chi connectivity index (χ2v) is 8.27. The fourth-order valence-corrected chi connectivity index (χ4v) is 4.82. The number of phenolic OH excluding ortho intramolecular Hbond substituents is 1. The van der Waals surface area contributed by atoms with Crippen LogP contribution in [0, 0.1) is 0 Å². The van der Waals surface area contributed by atoms with E-state index in [1.807, 2.05) is 0 Å². The zero-order chi connectivity index (χ0) is 21.3. The van der Waals surface area contributed by atoms with Gasteiger partial charge in [-0.1, -0.05) is 0 Å². The molecule has 0 unspecified atom stereocenters. The fourth-order valence-electron chi connectivity index (χ4n) is 3.60. The van der Waals surface area contributed by atoms with Crippen LogP contribution in [0.2, 0.25) is 0 Å². The van der Waals surface area contributed by atoms with Crippen molar-refractivity contribution in [3.8, 4) is 11.5 Å². The summed E-state index contributed by atoms with van der Waals surface area (Å²) in [5, 5.41) is 14.2. The zero-order valence-corrected chi connectivity index (χ0v) is 17.5. The van der Waals surface area contributed by atoms with Crippen molar-refractivity contribution in [3.63, 3.8) is 0 Å². The molecule has 1 atom stereocenters. The third-order valence-electron chi connectivity index (χ3n) is 5.29. The average molecular weight is 426 g/mol. The van der Waals surface area contributed by atoms with Gasteiger partial charge in [0.15, 0.2) is 11.5 Å². The first-order valence-electron chi connectivity index (χ1n) is 9.71. The third-order valence-corrected chi connectivity index (χ3v) is 6.49. The van der Waals surface area contributed by atoms with Crippen LogP contribution in [-0.4, -0.2) is 33.9 Å². The van der Waals surface area contributed by atoms with Crippen LogP contribution >= 0.6 is 11.3 Å². The van der Waals surface area contributed by atoms with E-state index in [2.05, 4.69) is 15.5 Å². The first-order chi connectivity index (χ1) is 14.5. The van der Waals surface area contributed by atoms with Crippen molar-refractivity contribution >= 4 is 33.7 Å². The molecule has 3 aromatic rings. The van der Waals surface area contributed by atoms with Crippen LogP contribution in [0.4, 0.5) is 0 Å². The van der Waals surface area contributed by atoms with Gasteiger partial charge in [-0.2, -0.15) is 5.10 Å². The lowest BCUT2D eigenvalue weighted by Crippen LogP contribution is -2.34. The molecule has 4 rings (SSSR count). The number of fused-ring (bicyclic) bond motifs is 3. The molecule has 2 heterocycles. The number of nitrogens with one attached hydrogen (secondary N) is 1. The van der Waals surface area contributed by atoms with Crippen molar-refractivity contribution in [2.24, 2.45) is 5.10 Å². The van der Waals surface area contributed by atoms with Crippen LogP contribution in [-0.2, 0) is 17.6 Å². The molecule has 0 bridgehead atoms. The summed E-state index contributed by atoms with van der Waals surface area (Å²) < 4.78 is 6.41. The Morgan fingerprint density at radius 2 is 2.20 bits per heavy atom. The minimum atomic E-state index is -0.764. The Morgan fingerprint density at radius 3 is 3.00 bits per heavy atom. The molecular weight excluding hydrogens is 404 g/mol. The number of aryl methyl sites for hydroxylation is 2. The predicted molar refractivity (Wildman–Crippen MR) is 116 cm³/mol. The molecule has 30 heavy (non-hydrogen) atoms. The highest BCUT2D eigenvalue weighted by molar-refractivity contribution is 7.18. The highest BCUT2D eigenvalue weighted by Gasteiger charge is 2.23. The minimum Gasteiger partial charge on any atom is -0.504 e. The normalized spacial score (nSPS) is 14.6. The first-order valence-corrected chi connectivity index (χ1v) is 10.5. The second kappa shape index (κ2) is 8.27. The number of carbonyl (C=O) groups is 1. The molecule has 2 aromatic heterocycles. The van der Waals surface area contributed by atoms with Crippen LogP contribution in [0.15, 0.2) is 34.4 Å². The van der Waals surface area contributed by atoms with E-state index < -0.39 is 11.9 Å². The highest BCUT2D eigenvalue weighted by Crippen LogP contribution is 2.33. The molecule has 1 aromatic carbocycles. The summed E-state index contributed by atoms with van der Waals surface area (Å²) in [6, 6.07) is 3.95. The van der Waals surface area contributed by atoms with Crippen LogP contribution in [0.5, 0.6) is 11.5 Å². The summed E-state index contributed by atoms with van der Waals surface area (Å²) in [7, 11) is 1.45. The number of ether oxygens (including phenoxy) is 1. The standard InChI is InChI=1S/C21H22N4O4S/c1-12(19(27)24-23-10-13-7-8-15(26)16(9-13)29-2)25-11-22-20-18(21(25)28)14-5-3-4-6-17(14)30-20/h7-12,26H,3-6H2,1-2H3,(H,24,27)/b23-10+/t12-/m0/s1. The quantitative estimate of drug-likeness (QED) is 0.482. The molecule has 2 N–H and O–H groups in total. The largest absolute Gasteiger partial charge is 0.504 e. The van der Waals surface area contributed by atoms with Crippen molar-refractivity contribution in [3.05, 3.63) is 50.9 Å². The van der Waals surface area contributed by atoms with Gasteiger partial charge in [0.25, 0.3) is 11.5 Å². The molecule has 1 amide bonds. The lowest BCUT2D eigenvalue weighted by molar-refractivity contribution is -0.123. The monoisotopic (exact) mass is 426 g/mol. The smallest absolute Gasteiger partial charge is 0.263 e. The molecular formula is C21H22N4O4S. The van der Waals surface area contributed by atoms with E-state index in [0.717, 1.165) is 36.1 Å². The number of phenols is 1. The van der Waals surface area contributed by atoms with Crippen molar-refractivity contribution in [2.75, 3.05) is 7.11 Å². The van der Waals surface area contributed by atoms with E-state index >= 15 is 0 Å². The summed E-state index contributed by atoms with van der Waals surface area (Å²) in [6.07, 6.45) is 6.95. The van der Waals surface area contributed by atoms with E-state index in [1.54, 1.807) is 30.4 Å². The van der Waals surface area contributed by atoms with E-state index in [9.17, 15) is 14.7 Å². The number of nitrogens with zero attached hydrogens (tertiary/aromatic N) is 3. The molecule has 8 nitrogen and oxygen atoms in total. The number of benzene rings is 1. The topological polar surface area (TPSA) is 106 Å². The average Bonchev–Trinajstić information content (AvgIpc) is 3.14. The highest BCUT2D eigenvalue weighted by atomic mass is 32.1. The van der Waals surface area contributed by atoms with Crippen LogP contribution in [0.1, 0.15) is 41.8 Å². The lowest BCUT2D eigenvalue weighted by Gasteiger charge is -2.14. The van der Waals surface area contributed by atoms with Crippen molar-refractivity contribution in [2.45, 2.75) is 38.6 Å². The Labute approximate surface area is 176 Å². The Kier molecular flexibility index (Phi) is 5.54. The van der Waals surface area contributed by atoms with E-state index in [4.69, 9.17) is 4.74 Å². The van der Waals surface area contributed by atoms with Gasteiger partial charge in [0.05, 0.1) is 25.0 Å². The summed E-state index contributed by atoms with van der Waals surface area (Å²) in [6.45, 7) is 1.64. The van der Waals surface area contributed by atoms with Gasteiger partial charge in [-0.15, -0.1) is 11.3 Å². The van der Waals surface area contributed by atoms with Crippen LogP contribution < -0.4 is 15.7 Å². The van der Waals surface area contributed by atoms with E-state index in [-0.39, 0.29) is 11.3 Å². The molecule has 0 saturated carbocycles. The number of hydrogen-bond acceptors (Lipinski definition) is 7. The van der Waals surface area contributed by atoms with Crippen LogP contribution in [0.3, 0.4) is 0 Å². The molecule has 0 radical (unpaired) electrons. The van der Waals surface area contributed by atoms with Gasteiger partial charge < -0.3 is 9.84 Å². The second-order valence-electron chi connectivity index (χ2n) is 7.19. The maximum atomic E-state index is 13.1. The maximum Gasteiger partial charge on any atom is 0.263 e. The zero-order valence-electron chi connectivity index (χ0n) is 16.7. The number of carbonyl (C=O) groups excluding carboxylic acids is 1. The predicted octanol–water partition coefficient (Wildman–Crippen LogP) is 2.76. The molecule has 0 aliphatic heterocycles. The Balaban J connectivity index is 1.53. The molecule has 1 aliphatic rings. The van der Waals surface area contributed by atoms with Gasteiger partial charge in [0.2, 0.25) is 0 Å². The van der Waals surface area contributed by atoms with Crippen molar-refractivity contribution < 1.29 is 14.6 Å². The van der Waals surface area contributed by atoms with Gasteiger partial charge in [-0.25, -0.2) is 10.4 Å². The van der Waals surface area contributed by atoms with E-state index in [0.29, 0.717) is 16.7 Å². The summed E-state index contributed by atoms with van der Waals surface area (Å²) >= 11 is 1.58. The molecule has 1 aliphatic carbocycles. The number of thiophene rings is 1.